The van der Waals surface area contributed by atoms with Gasteiger partial charge in [0.25, 0.3) is 0 Å². The Kier molecular flexibility index (Phi) is 10.0. The van der Waals surface area contributed by atoms with Gasteiger partial charge in [0.15, 0.2) is 5.13 Å². The second-order valence-corrected chi connectivity index (χ2v) is 11.5. The third kappa shape index (κ3) is 8.41. The monoisotopic (exact) mass is 549 g/mol. The van der Waals surface area contributed by atoms with Crippen molar-refractivity contribution < 1.29 is 23.1 Å². The van der Waals surface area contributed by atoms with E-state index < -0.39 is 22.0 Å². The Bertz CT molecular complexity index is 1270. The molecule has 2 aromatic carbocycles. The minimum atomic E-state index is -3.56. The summed E-state index contributed by atoms with van der Waals surface area (Å²) in [4.78, 5) is 29.1. The molecular weight excluding hydrogens is 522 g/mol. The highest BCUT2D eigenvalue weighted by Crippen LogP contribution is 2.32. The standard InChI is InChI=1S/C25H28ClN3O5S2/c1-36(33,34)28-20(13-11-19(12-14-24(31)32)18-7-3-2-4-8-18)15-29(17-30)25-27-23(16-35-25)21-9-5-6-10-22(21)26/h2-10,16-17,19-20,28H,11-15H2,1H3,(H,31,32)/t19-,20+/m0/s1. The maximum Gasteiger partial charge on any atom is 0.303 e. The molecule has 192 valence electrons. The van der Waals surface area contributed by atoms with Gasteiger partial charge in [-0.25, -0.2) is 18.1 Å². The second-order valence-electron chi connectivity index (χ2n) is 8.46. The minimum Gasteiger partial charge on any atom is -0.481 e. The topological polar surface area (TPSA) is 117 Å². The Hall–Kier alpha value is -2.79. The summed E-state index contributed by atoms with van der Waals surface area (Å²) in [6.45, 7) is 0.0759. The number of thiazole rings is 1. The van der Waals surface area contributed by atoms with E-state index in [0.29, 0.717) is 41.5 Å². The Morgan fingerprint density at radius 2 is 1.83 bits per heavy atom. The van der Waals surface area contributed by atoms with Crippen molar-refractivity contribution in [2.75, 3.05) is 17.7 Å². The summed E-state index contributed by atoms with van der Waals surface area (Å²) >= 11 is 7.53. The van der Waals surface area contributed by atoms with E-state index in [0.717, 1.165) is 17.4 Å². The zero-order valence-electron chi connectivity index (χ0n) is 19.7. The third-order valence-electron chi connectivity index (χ3n) is 5.65. The maximum atomic E-state index is 12.1. The Morgan fingerprint density at radius 1 is 1.14 bits per heavy atom. The first kappa shape index (κ1) is 27.8. The van der Waals surface area contributed by atoms with Crippen molar-refractivity contribution in [2.24, 2.45) is 0 Å². The minimum absolute atomic E-state index is 0.00807. The van der Waals surface area contributed by atoms with Crippen LogP contribution in [-0.4, -0.2) is 49.7 Å². The number of carbonyl (C=O) groups excluding carboxylic acids is 1. The molecule has 1 amide bonds. The molecule has 0 aliphatic rings. The number of aromatic nitrogens is 1. The highest BCUT2D eigenvalue weighted by atomic mass is 35.5. The van der Waals surface area contributed by atoms with Gasteiger partial charge in [-0.3, -0.25) is 14.5 Å². The van der Waals surface area contributed by atoms with Gasteiger partial charge in [-0.1, -0.05) is 60.1 Å². The van der Waals surface area contributed by atoms with Gasteiger partial charge < -0.3 is 5.11 Å². The van der Waals surface area contributed by atoms with E-state index in [1.165, 1.54) is 16.2 Å². The highest BCUT2D eigenvalue weighted by Gasteiger charge is 2.23. The summed E-state index contributed by atoms with van der Waals surface area (Å²) in [6.07, 6.45) is 3.08. The van der Waals surface area contributed by atoms with Crippen LogP contribution < -0.4 is 9.62 Å². The number of carboxylic acids is 1. The molecule has 0 bridgehead atoms. The van der Waals surface area contributed by atoms with Crippen LogP contribution >= 0.6 is 22.9 Å². The predicted octanol–water partition coefficient (Wildman–Crippen LogP) is 4.77. The molecule has 3 rings (SSSR count). The lowest BCUT2D eigenvalue weighted by atomic mass is 9.88. The summed E-state index contributed by atoms with van der Waals surface area (Å²) < 4.78 is 26.8. The molecule has 0 saturated carbocycles. The van der Waals surface area contributed by atoms with Crippen LogP contribution in [0.25, 0.3) is 11.3 Å². The SMILES string of the molecule is CS(=O)(=O)N[C@H](CC[C@@H](CCC(=O)O)c1ccccc1)CN(C=O)c1nc(-c2ccccc2Cl)cs1. The Balaban J connectivity index is 1.77. The van der Waals surface area contributed by atoms with Crippen LogP contribution in [0.2, 0.25) is 5.02 Å². The number of aliphatic carboxylic acids is 1. The van der Waals surface area contributed by atoms with Gasteiger partial charge in [-0.05, 0) is 36.8 Å². The van der Waals surface area contributed by atoms with Gasteiger partial charge in [-0.2, -0.15) is 0 Å². The van der Waals surface area contributed by atoms with Crippen LogP contribution in [0, 0.1) is 0 Å². The summed E-state index contributed by atoms with van der Waals surface area (Å²) in [6, 6.07) is 16.2. The number of halogens is 1. The molecular formula is C25H28ClN3O5S2. The van der Waals surface area contributed by atoms with E-state index >= 15 is 0 Å². The first-order valence-electron chi connectivity index (χ1n) is 11.3. The maximum absolute atomic E-state index is 12.1. The number of sulfonamides is 1. The van der Waals surface area contributed by atoms with E-state index in [4.69, 9.17) is 16.7 Å². The number of rotatable bonds is 14. The van der Waals surface area contributed by atoms with E-state index in [1.807, 2.05) is 48.5 Å². The normalized spacial score (nSPS) is 13.2. The van der Waals surface area contributed by atoms with Gasteiger partial charge in [0.05, 0.1) is 11.9 Å². The molecule has 11 heteroatoms. The zero-order chi connectivity index (χ0) is 26.1. The van der Waals surface area contributed by atoms with Gasteiger partial charge in [-0.15, -0.1) is 11.3 Å². The van der Waals surface area contributed by atoms with Crippen LogP contribution in [0.3, 0.4) is 0 Å². The van der Waals surface area contributed by atoms with E-state index in [-0.39, 0.29) is 18.9 Å². The number of hydrogen-bond donors (Lipinski definition) is 2. The first-order valence-corrected chi connectivity index (χ1v) is 14.5. The molecule has 36 heavy (non-hydrogen) atoms. The summed E-state index contributed by atoms with van der Waals surface area (Å²) in [5, 5.41) is 11.9. The number of nitrogens with one attached hydrogen (secondary N) is 1. The number of carbonyl (C=O) groups is 2. The highest BCUT2D eigenvalue weighted by molar-refractivity contribution is 7.88. The van der Waals surface area contributed by atoms with Crippen LogP contribution in [0.5, 0.6) is 0 Å². The van der Waals surface area contributed by atoms with Crippen molar-refractivity contribution in [3.63, 3.8) is 0 Å². The van der Waals surface area contributed by atoms with E-state index in [9.17, 15) is 18.0 Å². The molecule has 0 aliphatic carbocycles. The van der Waals surface area contributed by atoms with Gasteiger partial charge >= 0.3 is 5.97 Å². The van der Waals surface area contributed by atoms with Crippen molar-refractivity contribution in [3.05, 3.63) is 70.6 Å². The number of nitrogens with zero attached hydrogens (tertiary/aromatic N) is 2. The van der Waals surface area contributed by atoms with E-state index in [1.54, 1.807) is 11.4 Å². The Labute approximate surface area is 220 Å². The molecule has 2 atom stereocenters. The molecule has 0 radical (unpaired) electrons. The summed E-state index contributed by atoms with van der Waals surface area (Å²) in [5.41, 5.74) is 2.36. The summed E-state index contributed by atoms with van der Waals surface area (Å²) in [5.74, 6) is -0.950. The van der Waals surface area contributed by atoms with Gasteiger partial charge in [0.1, 0.15) is 0 Å². The van der Waals surface area contributed by atoms with Crippen LogP contribution in [0.4, 0.5) is 5.13 Å². The quantitative estimate of drug-likeness (QED) is 0.280. The number of anilines is 1. The molecule has 0 saturated heterocycles. The van der Waals surface area contributed by atoms with Crippen molar-refractivity contribution >= 4 is 50.5 Å². The molecule has 0 unspecified atom stereocenters. The molecule has 3 aromatic rings. The molecule has 0 fully saturated rings. The Morgan fingerprint density at radius 3 is 2.47 bits per heavy atom. The fourth-order valence-corrected chi connectivity index (χ4v) is 5.82. The zero-order valence-corrected chi connectivity index (χ0v) is 22.1. The smallest absolute Gasteiger partial charge is 0.303 e. The van der Waals surface area contributed by atoms with E-state index in [2.05, 4.69) is 9.71 Å². The van der Waals surface area contributed by atoms with Gasteiger partial charge in [0, 0.05) is 35.0 Å². The molecule has 0 aliphatic heterocycles. The number of hydrogen-bond acceptors (Lipinski definition) is 6. The largest absolute Gasteiger partial charge is 0.481 e. The van der Waals surface area contributed by atoms with Crippen LogP contribution in [-0.2, 0) is 19.6 Å². The van der Waals surface area contributed by atoms with Crippen molar-refractivity contribution in [1.82, 2.24) is 9.71 Å². The molecule has 1 aromatic heterocycles. The van der Waals surface area contributed by atoms with Crippen molar-refractivity contribution in [2.45, 2.75) is 37.6 Å². The molecule has 1 heterocycles. The average Bonchev–Trinajstić information content (AvgIpc) is 3.32. The lowest BCUT2D eigenvalue weighted by Gasteiger charge is -2.25. The summed E-state index contributed by atoms with van der Waals surface area (Å²) in [7, 11) is -3.56. The van der Waals surface area contributed by atoms with Gasteiger partial charge in [0.2, 0.25) is 16.4 Å². The molecule has 0 spiro atoms. The number of amides is 1. The molecule has 2 N–H and O–H groups in total. The van der Waals surface area contributed by atoms with Crippen LogP contribution in [0.15, 0.2) is 60.0 Å². The van der Waals surface area contributed by atoms with Crippen molar-refractivity contribution in [3.8, 4) is 11.3 Å². The van der Waals surface area contributed by atoms with Crippen LogP contribution in [0.1, 0.15) is 37.2 Å². The molecule has 8 nitrogen and oxygen atoms in total. The number of carboxylic acid groups (broad SMARTS) is 1. The number of benzene rings is 2. The first-order chi connectivity index (χ1) is 17.2. The fraction of sp³-hybridized carbons (Fsp3) is 0.320. The average molecular weight is 550 g/mol. The third-order valence-corrected chi connectivity index (χ3v) is 7.62. The fourth-order valence-electron chi connectivity index (χ4n) is 3.99. The predicted molar refractivity (Wildman–Crippen MR) is 143 cm³/mol. The lowest BCUT2D eigenvalue weighted by Crippen LogP contribution is -2.43. The lowest BCUT2D eigenvalue weighted by molar-refractivity contribution is -0.137. The second kappa shape index (κ2) is 13.0. The van der Waals surface area contributed by atoms with Crippen molar-refractivity contribution in [1.29, 1.82) is 0 Å².